The minimum absolute atomic E-state index is 0.584. The quantitative estimate of drug-likeness (QED) is 0.484. The number of nitrogens with zero attached hydrogens (tertiary/aromatic N) is 5. The lowest BCUT2D eigenvalue weighted by Crippen LogP contribution is -1.98. The second-order valence-corrected chi connectivity index (χ2v) is 6.89. The van der Waals surface area contributed by atoms with E-state index in [-0.39, 0.29) is 0 Å². The van der Waals surface area contributed by atoms with Crippen LogP contribution in [0.25, 0.3) is 33.3 Å². The average Bonchev–Trinajstić information content (AvgIpc) is 3.45. The molecule has 0 unspecified atom stereocenters. The summed E-state index contributed by atoms with van der Waals surface area (Å²) in [4.78, 5) is 7.87. The lowest BCUT2D eigenvalue weighted by Gasteiger charge is -1.99. The van der Waals surface area contributed by atoms with Crippen LogP contribution in [0.4, 0.5) is 0 Å². The fourth-order valence-corrected chi connectivity index (χ4v) is 3.54. The molecule has 0 aliphatic rings. The van der Waals surface area contributed by atoms with Crippen LogP contribution in [0.2, 0.25) is 0 Å². The summed E-state index contributed by atoms with van der Waals surface area (Å²) in [5.74, 6) is 1.22. The number of para-hydroxylation sites is 1. The molecule has 0 aliphatic carbocycles. The van der Waals surface area contributed by atoms with Crippen molar-refractivity contribution in [2.75, 3.05) is 0 Å². The lowest BCUT2D eigenvalue weighted by molar-refractivity contribution is 0.379. The van der Waals surface area contributed by atoms with E-state index in [0.29, 0.717) is 18.1 Å². The van der Waals surface area contributed by atoms with Crippen LogP contribution >= 0.6 is 0 Å². The Labute approximate surface area is 161 Å². The SMILES string of the molecule is CCCn1nnc2cc(-c3noc(CCc4c[nH]c5ccccc45)n3)ccc21. The van der Waals surface area contributed by atoms with Crippen molar-refractivity contribution in [2.24, 2.45) is 0 Å². The molecule has 0 radical (unpaired) electrons. The molecule has 0 atom stereocenters. The van der Waals surface area contributed by atoms with Crippen LogP contribution in [0.15, 0.2) is 53.2 Å². The molecule has 0 saturated heterocycles. The second kappa shape index (κ2) is 6.92. The molecule has 0 spiro atoms. The molecule has 28 heavy (non-hydrogen) atoms. The van der Waals surface area contributed by atoms with E-state index in [9.17, 15) is 0 Å². The van der Waals surface area contributed by atoms with E-state index in [2.05, 4.69) is 56.8 Å². The summed E-state index contributed by atoms with van der Waals surface area (Å²) >= 11 is 0. The van der Waals surface area contributed by atoms with E-state index in [1.165, 1.54) is 10.9 Å². The van der Waals surface area contributed by atoms with E-state index in [0.717, 1.165) is 41.5 Å². The van der Waals surface area contributed by atoms with Crippen LogP contribution in [0.5, 0.6) is 0 Å². The minimum atomic E-state index is 0.584. The maximum atomic E-state index is 5.47. The summed E-state index contributed by atoms with van der Waals surface area (Å²) in [6.07, 6.45) is 4.61. The largest absolute Gasteiger partial charge is 0.361 e. The van der Waals surface area contributed by atoms with Crippen LogP contribution in [0.3, 0.4) is 0 Å². The van der Waals surface area contributed by atoms with Gasteiger partial charge in [-0.3, -0.25) is 0 Å². The van der Waals surface area contributed by atoms with Crippen molar-refractivity contribution in [2.45, 2.75) is 32.7 Å². The van der Waals surface area contributed by atoms with Gasteiger partial charge in [0.05, 0.1) is 5.52 Å². The molecule has 7 heteroatoms. The second-order valence-electron chi connectivity index (χ2n) is 6.89. The van der Waals surface area contributed by atoms with Crippen LogP contribution in [0.1, 0.15) is 24.8 Å². The summed E-state index contributed by atoms with van der Waals surface area (Å²) in [5.41, 5.74) is 5.15. The number of aromatic amines is 1. The fraction of sp³-hybridized carbons (Fsp3) is 0.238. The molecule has 7 nitrogen and oxygen atoms in total. The Morgan fingerprint density at radius 1 is 1.11 bits per heavy atom. The Morgan fingerprint density at radius 3 is 2.96 bits per heavy atom. The predicted octanol–water partition coefficient (Wildman–Crippen LogP) is 4.16. The molecule has 5 rings (SSSR count). The van der Waals surface area contributed by atoms with Crippen LogP contribution in [-0.2, 0) is 19.4 Å². The Morgan fingerprint density at radius 2 is 2.04 bits per heavy atom. The Balaban J connectivity index is 1.35. The van der Waals surface area contributed by atoms with Gasteiger partial charge in [0.25, 0.3) is 0 Å². The first-order chi connectivity index (χ1) is 13.8. The van der Waals surface area contributed by atoms with Crippen molar-refractivity contribution in [1.82, 2.24) is 30.1 Å². The summed E-state index contributed by atoms with van der Waals surface area (Å²) in [7, 11) is 0. The molecule has 0 saturated carbocycles. The zero-order chi connectivity index (χ0) is 18.9. The monoisotopic (exact) mass is 372 g/mol. The van der Waals surface area contributed by atoms with Gasteiger partial charge in [0, 0.05) is 35.6 Å². The van der Waals surface area contributed by atoms with Crippen molar-refractivity contribution >= 4 is 21.9 Å². The molecule has 0 fully saturated rings. The molecule has 0 amide bonds. The van der Waals surface area contributed by atoms with Crippen molar-refractivity contribution < 1.29 is 4.52 Å². The fourth-order valence-electron chi connectivity index (χ4n) is 3.54. The molecule has 0 aliphatic heterocycles. The third-order valence-electron chi connectivity index (χ3n) is 4.96. The number of aromatic nitrogens is 6. The van der Waals surface area contributed by atoms with Gasteiger partial charge in [0.1, 0.15) is 5.52 Å². The van der Waals surface area contributed by atoms with Gasteiger partial charge in [-0.15, -0.1) is 5.10 Å². The van der Waals surface area contributed by atoms with Crippen LogP contribution in [-0.4, -0.2) is 30.1 Å². The van der Waals surface area contributed by atoms with Crippen molar-refractivity contribution in [3.8, 4) is 11.4 Å². The highest BCUT2D eigenvalue weighted by Gasteiger charge is 2.12. The van der Waals surface area contributed by atoms with Crippen LogP contribution in [0, 0.1) is 0 Å². The van der Waals surface area contributed by atoms with Gasteiger partial charge in [0.15, 0.2) is 0 Å². The first kappa shape index (κ1) is 16.7. The van der Waals surface area contributed by atoms with E-state index >= 15 is 0 Å². The van der Waals surface area contributed by atoms with E-state index in [1.807, 2.05) is 28.9 Å². The Bertz CT molecular complexity index is 1250. The van der Waals surface area contributed by atoms with Gasteiger partial charge in [-0.1, -0.05) is 35.5 Å². The van der Waals surface area contributed by atoms with Gasteiger partial charge in [-0.25, -0.2) is 4.68 Å². The minimum Gasteiger partial charge on any atom is -0.361 e. The normalized spacial score (nSPS) is 11.6. The van der Waals surface area contributed by atoms with Crippen LogP contribution < -0.4 is 0 Å². The summed E-state index contributed by atoms with van der Waals surface area (Å²) in [6.45, 7) is 2.98. The first-order valence-corrected chi connectivity index (χ1v) is 9.53. The zero-order valence-electron chi connectivity index (χ0n) is 15.6. The zero-order valence-corrected chi connectivity index (χ0v) is 15.6. The van der Waals surface area contributed by atoms with Gasteiger partial charge in [-0.05, 0) is 42.7 Å². The molecular weight excluding hydrogens is 352 g/mol. The number of hydrogen-bond donors (Lipinski definition) is 1. The molecule has 1 N–H and O–H groups in total. The first-order valence-electron chi connectivity index (χ1n) is 9.53. The van der Waals surface area contributed by atoms with Gasteiger partial charge in [0.2, 0.25) is 11.7 Å². The smallest absolute Gasteiger partial charge is 0.227 e. The number of benzene rings is 2. The molecule has 0 bridgehead atoms. The predicted molar refractivity (Wildman–Crippen MR) is 107 cm³/mol. The van der Waals surface area contributed by atoms with E-state index in [4.69, 9.17) is 4.52 Å². The third-order valence-corrected chi connectivity index (χ3v) is 4.96. The summed E-state index contributed by atoms with van der Waals surface area (Å²) < 4.78 is 7.39. The number of nitrogens with one attached hydrogen (secondary N) is 1. The maximum absolute atomic E-state index is 5.47. The highest BCUT2D eigenvalue weighted by molar-refractivity contribution is 5.83. The number of H-pyrrole nitrogens is 1. The molecule has 3 aromatic heterocycles. The number of fused-ring (bicyclic) bond motifs is 2. The number of aryl methyl sites for hydroxylation is 3. The molecule has 2 aromatic carbocycles. The standard InChI is InChI=1S/C21H20N6O/c1-2-11-27-19-9-7-14(12-18(19)24-26-27)21-23-20(28-25-21)10-8-15-13-22-17-6-4-3-5-16(15)17/h3-7,9,12-13,22H,2,8,10-11H2,1H3. The molecule has 5 aromatic rings. The highest BCUT2D eigenvalue weighted by atomic mass is 16.5. The summed E-state index contributed by atoms with van der Waals surface area (Å²) in [5, 5.41) is 13.8. The average molecular weight is 372 g/mol. The topological polar surface area (TPSA) is 85.4 Å². The van der Waals surface area contributed by atoms with Gasteiger partial charge in [-0.2, -0.15) is 4.98 Å². The summed E-state index contributed by atoms with van der Waals surface area (Å²) in [6, 6.07) is 14.3. The maximum Gasteiger partial charge on any atom is 0.227 e. The van der Waals surface area contributed by atoms with Gasteiger partial charge >= 0.3 is 0 Å². The molecular formula is C21H20N6O. The molecule has 3 heterocycles. The third kappa shape index (κ3) is 2.94. The number of hydrogen-bond acceptors (Lipinski definition) is 5. The van der Waals surface area contributed by atoms with Crippen molar-refractivity contribution in [3.05, 3.63) is 60.1 Å². The van der Waals surface area contributed by atoms with Gasteiger partial charge < -0.3 is 9.51 Å². The highest BCUT2D eigenvalue weighted by Crippen LogP contribution is 2.23. The Hall–Kier alpha value is -3.48. The lowest BCUT2D eigenvalue weighted by atomic mass is 10.1. The Kier molecular flexibility index (Phi) is 4.12. The van der Waals surface area contributed by atoms with Crippen molar-refractivity contribution in [1.29, 1.82) is 0 Å². The van der Waals surface area contributed by atoms with Crippen molar-refractivity contribution in [3.63, 3.8) is 0 Å². The number of rotatable bonds is 6. The van der Waals surface area contributed by atoms with E-state index < -0.39 is 0 Å². The molecule has 140 valence electrons. The van der Waals surface area contributed by atoms with E-state index in [1.54, 1.807) is 0 Å².